The van der Waals surface area contributed by atoms with Crippen molar-refractivity contribution >= 4 is 17.7 Å². The summed E-state index contributed by atoms with van der Waals surface area (Å²) in [6.45, 7) is 3.53. The normalized spacial score (nSPS) is 17.0. The Labute approximate surface area is 121 Å². The Morgan fingerprint density at radius 3 is 2.67 bits per heavy atom. The third-order valence-corrected chi connectivity index (χ3v) is 3.02. The highest BCUT2D eigenvalue weighted by molar-refractivity contribution is 6.04. The van der Waals surface area contributed by atoms with E-state index in [2.05, 4.69) is 5.43 Å². The van der Waals surface area contributed by atoms with Crippen molar-refractivity contribution < 1.29 is 28.7 Å². The zero-order valence-corrected chi connectivity index (χ0v) is 12.1. The fraction of sp³-hybridized carbons (Fsp3) is 0.462. The molecule has 8 heteroatoms. The van der Waals surface area contributed by atoms with E-state index >= 15 is 0 Å². The first kappa shape index (κ1) is 14.9. The van der Waals surface area contributed by atoms with Crippen LogP contribution in [0, 0.1) is 0 Å². The second-order valence-corrected chi connectivity index (χ2v) is 4.38. The lowest BCUT2D eigenvalue weighted by atomic mass is 10.0. The first-order chi connectivity index (χ1) is 10.0. The molecule has 2 heterocycles. The van der Waals surface area contributed by atoms with Crippen LogP contribution >= 0.6 is 0 Å². The monoisotopic (exact) mass is 295 g/mol. The van der Waals surface area contributed by atoms with Crippen LogP contribution in [0.5, 0.6) is 0 Å². The number of carbonyl (C=O) groups excluding carboxylic acids is 2. The number of nitrogens with one attached hydrogen (secondary N) is 1. The first-order valence-electron chi connectivity index (χ1n) is 6.60. The van der Waals surface area contributed by atoms with E-state index in [4.69, 9.17) is 9.47 Å². The minimum atomic E-state index is -1.18. The van der Waals surface area contributed by atoms with Gasteiger partial charge < -0.3 is 14.6 Å². The number of rotatable bonds is 4. The molecule has 0 saturated carbocycles. The second kappa shape index (κ2) is 5.86. The van der Waals surface area contributed by atoms with Crippen molar-refractivity contribution in [2.24, 2.45) is 7.05 Å². The maximum Gasteiger partial charge on any atom is 0.337 e. The van der Waals surface area contributed by atoms with Crippen molar-refractivity contribution in [2.45, 2.75) is 19.9 Å². The van der Waals surface area contributed by atoms with Gasteiger partial charge in [0, 0.05) is 5.76 Å². The molecule has 114 valence electrons. The number of hydrogen-bond acceptors (Lipinski definition) is 6. The molecule has 0 fully saturated rings. The Hall–Kier alpha value is -2.51. The van der Waals surface area contributed by atoms with Crippen LogP contribution in [-0.2, 0) is 26.1 Å². The van der Waals surface area contributed by atoms with E-state index in [0.29, 0.717) is 0 Å². The fourth-order valence-corrected chi connectivity index (χ4v) is 2.12. The maximum absolute atomic E-state index is 12.5. The molecule has 1 aliphatic rings. The maximum atomic E-state index is 12.5. The first-order valence-corrected chi connectivity index (χ1v) is 6.60. The minimum absolute atomic E-state index is 0.109. The molecule has 0 spiro atoms. The van der Waals surface area contributed by atoms with Gasteiger partial charge in [0.15, 0.2) is 12.2 Å². The highest BCUT2D eigenvalue weighted by Crippen LogP contribution is 2.21. The third kappa shape index (κ3) is 2.56. The van der Waals surface area contributed by atoms with Gasteiger partial charge in [0.25, 0.3) is 5.82 Å². The quantitative estimate of drug-likeness (QED) is 0.533. The second-order valence-electron chi connectivity index (χ2n) is 4.38. The van der Waals surface area contributed by atoms with Gasteiger partial charge in [0.05, 0.1) is 25.8 Å². The van der Waals surface area contributed by atoms with Crippen LogP contribution in [0.4, 0.5) is 0 Å². The van der Waals surface area contributed by atoms with Crippen molar-refractivity contribution in [3.63, 3.8) is 0 Å². The number of esters is 2. The molecule has 0 aliphatic carbocycles. The molecule has 8 nitrogen and oxygen atoms in total. The van der Waals surface area contributed by atoms with E-state index in [1.807, 2.05) is 0 Å². The van der Waals surface area contributed by atoms with Crippen LogP contribution < -0.4 is 15.1 Å². The highest BCUT2D eigenvalue weighted by atomic mass is 16.5. The Morgan fingerprint density at radius 1 is 1.38 bits per heavy atom. The molecule has 0 saturated heterocycles. The topological polar surface area (TPSA) is 96.5 Å². The molecule has 1 N–H and O–H groups in total. The van der Waals surface area contributed by atoms with Gasteiger partial charge in [-0.15, -0.1) is 4.68 Å². The van der Waals surface area contributed by atoms with Gasteiger partial charge in [-0.3, -0.25) is 0 Å². The number of aromatic nitrogens is 2. The standard InChI is InChI=1S/C13H17N3O5/c1-4-20-12(18)8-9(13(19)21-5-2)14-16-7-6-15(3)11(16)10(8)17/h6-7,9H,4-5H2,1-3H3,(H-,14,17,18). The number of imidazole rings is 1. The lowest BCUT2D eigenvalue weighted by Crippen LogP contribution is -2.49. The Kier molecular flexibility index (Phi) is 4.15. The van der Waals surface area contributed by atoms with Crippen LogP contribution in [-0.4, -0.2) is 35.9 Å². The summed E-state index contributed by atoms with van der Waals surface area (Å²) in [5.41, 5.74) is 2.52. The molecule has 1 aromatic heterocycles. The Morgan fingerprint density at radius 2 is 2.05 bits per heavy atom. The molecule has 1 aromatic rings. The number of fused-ring (bicyclic) bond motifs is 1. The molecule has 0 amide bonds. The van der Waals surface area contributed by atoms with Gasteiger partial charge >= 0.3 is 11.9 Å². The highest BCUT2D eigenvalue weighted by Gasteiger charge is 2.39. The molecule has 1 aliphatic heterocycles. The van der Waals surface area contributed by atoms with E-state index in [-0.39, 0.29) is 24.6 Å². The molecule has 1 unspecified atom stereocenters. The van der Waals surface area contributed by atoms with Gasteiger partial charge in [-0.05, 0) is 13.8 Å². The Bertz CT molecular complexity index is 605. The van der Waals surface area contributed by atoms with Crippen molar-refractivity contribution in [2.75, 3.05) is 18.6 Å². The third-order valence-electron chi connectivity index (χ3n) is 3.02. The molecule has 0 bridgehead atoms. The van der Waals surface area contributed by atoms with E-state index in [9.17, 15) is 14.7 Å². The predicted octanol–water partition coefficient (Wildman–Crippen LogP) is -1.56. The molecular weight excluding hydrogens is 278 g/mol. The summed E-state index contributed by atoms with van der Waals surface area (Å²) in [7, 11) is 1.67. The molecule has 0 aromatic carbocycles. The predicted molar refractivity (Wildman–Crippen MR) is 68.9 cm³/mol. The smallest absolute Gasteiger partial charge is 0.337 e. The lowest BCUT2D eigenvalue weighted by molar-refractivity contribution is -0.676. The molecule has 2 rings (SSSR count). The molecule has 21 heavy (non-hydrogen) atoms. The average Bonchev–Trinajstić information content (AvgIpc) is 2.80. The summed E-state index contributed by atoms with van der Waals surface area (Å²) in [5, 5.41) is 12.5. The largest absolute Gasteiger partial charge is 0.866 e. The van der Waals surface area contributed by atoms with E-state index < -0.39 is 23.7 Å². The van der Waals surface area contributed by atoms with Gasteiger partial charge in [0.2, 0.25) is 0 Å². The zero-order valence-electron chi connectivity index (χ0n) is 12.1. The molecule has 1 atom stereocenters. The minimum Gasteiger partial charge on any atom is -0.866 e. The van der Waals surface area contributed by atoms with E-state index in [0.717, 1.165) is 0 Å². The summed E-state index contributed by atoms with van der Waals surface area (Å²) in [6.07, 6.45) is 3.22. The number of ether oxygens (including phenoxy) is 2. The van der Waals surface area contributed by atoms with Gasteiger partial charge in [-0.1, -0.05) is 0 Å². The van der Waals surface area contributed by atoms with E-state index in [1.165, 1.54) is 4.68 Å². The fourth-order valence-electron chi connectivity index (χ4n) is 2.12. The van der Waals surface area contributed by atoms with Gasteiger partial charge in [-0.2, -0.15) is 0 Å². The van der Waals surface area contributed by atoms with E-state index in [1.54, 1.807) is 37.9 Å². The van der Waals surface area contributed by atoms with Crippen molar-refractivity contribution in [1.29, 1.82) is 0 Å². The van der Waals surface area contributed by atoms with Crippen LogP contribution in [0.15, 0.2) is 18.0 Å². The summed E-state index contributed by atoms with van der Waals surface area (Å²) in [5.74, 6) is -1.84. The number of nitrogens with zero attached hydrogens (tertiary/aromatic N) is 2. The van der Waals surface area contributed by atoms with Crippen molar-refractivity contribution in [3.8, 4) is 0 Å². The van der Waals surface area contributed by atoms with Gasteiger partial charge in [0.1, 0.15) is 6.20 Å². The summed E-state index contributed by atoms with van der Waals surface area (Å²) < 4.78 is 12.7. The summed E-state index contributed by atoms with van der Waals surface area (Å²) >= 11 is 0. The summed E-state index contributed by atoms with van der Waals surface area (Å²) in [4.78, 5) is 24.0. The summed E-state index contributed by atoms with van der Waals surface area (Å²) in [6, 6.07) is -1.18. The zero-order chi connectivity index (χ0) is 15.6. The number of aryl methyl sites for hydroxylation is 1. The van der Waals surface area contributed by atoms with Crippen LogP contribution in [0.3, 0.4) is 0 Å². The SMILES string of the molecule is CCOC(=O)C1=C([O-])c2n(cc[n+]2C)NC1C(=O)OCC. The molecular formula is C13H17N3O5. The van der Waals surface area contributed by atoms with Crippen LogP contribution in [0.1, 0.15) is 19.7 Å². The Balaban J connectivity index is 2.50. The van der Waals surface area contributed by atoms with Crippen molar-refractivity contribution in [3.05, 3.63) is 23.8 Å². The average molecular weight is 295 g/mol. The van der Waals surface area contributed by atoms with Crippen molar-refractivity contribution in [1.82, 2.24) is 4.68 Å². The molecule has 0 radical (unpaired) electrons. The van der Waals surface area contributed by atoms with Crippen LogP contribution in [0.2, 0.25) is 0 Å². The number of carbonyl (C=O) groups is 2. The van der Waals surface area contributed by atoms with Crippen LogP contribution in [0.25, 0.3) is 5.76 Å². The van der Waals surface area contributed by atoms with Gasteiger partial charge in [-0.25, -0.2) is 19.6 Å². The lowest BCUT2D eigenvalue weighted by Gasteiger charge is -2.27. The number of hydrogen-bond donors (Lipinski definition) is 1.